The lowest BCUT2D eigenvalue weighted by Crippen LogP contribution is -2.37. The van der Waals surface area contributed by atoms with Gasteiger partial charge in [-0.05, 0) is 24.3 Å². The number of para-hydroxylation sites is 1. The van der Waals surface area contributed by atoms with Crippen molar-refractivity contribution in [2.24, 2.45) is 5.92 Å². The third kappa shape index (κ3) is 5.19. The highest BCUT2D eigenvalue weighted by atomic mass is 16.5. The molecule has 2 N–H and O–H groups in total. The second kappa shape index (κ2) is 8.85. The van der Waals surface area contributed by atoms with Crippen molar-refractivity contribution in [3.63, 3.8) is 0 Å². The van der Waals surface area contributed by atoms with E-state index in [-0.39, 0.29) is 25.4 Å². The summed E-state index contributed by atoms with van der Waals surface area (Å²) in [5.74, 6) is -1.66. The number of nitrogens with one attached hydrogen (secondary N) is 2. The number of rotatable bonds is 6. The zero-order valence-corrected chi connectivity index (χ0v) is 14.9. The molecule has 1 atom stereocenters. The lowest BCUT2D eigenvalue weighted by Gasteiger charge is -2.14. The Morgan fingerprint density at radius 3 is 2.64 bits per heavy atom. The molecule has 2 aromatic rings. The van der Waals surface area contributed by atoms with Crippen LogP contribution in [0.3, 0.4) is 0 Å². The number of carbonyl (C=O) groups excluding carboxylic acids is 4. The number of anilines is 1. The van der Waals surface area contributed by atoms with Gasteiger partial charge in [-0.1, -0.05) is 18.2 Å². The summed E-state index contributed by atoms with van der Waals surface area (Å²) in [6.45, 7) is -0.145. The molecular weight excluding hydrogens is 366 g/mol. The molecule has 146 valence electrons. The van der Waals surface area contributed by atoms with E-state index in [0.717, 1.165) is 0 Å². The number of benzene rings is 1. The first-order valence-corrected chi connectivity index (χ1v) is 8.64. The van der Waals surface area contributed by atoms with Gasteiger partial charge in [-0.15, -0.1) is 0 Å². The number of carbonyl (C=O) groups is 4. The second-order valence-electron chi connectivity index (χ2n) is 6.23. The monoisotopic (exact) mass is 385 g/mol. The molecule has 0 saturated carbocycles. The maximum atomic E-state index is 12.1. The van der Waals surface area contributed by atoms with Crippen LogP contribution in [0.5, 0.6) is 0 Å². The topological polar surface area (TPSA) is 118 Å². The van der Waals surface area contributed by atoms with Crippen LogP contribution in [0.25, 0.3) is 0 Å². The fourth-order valence-corrected chi connectivity index (χ4v) is 2.77. The van der Waals surface area contributed by atoms with Gasteiger partial charge in [0.1, 0.15) is 5.76 Å². The Kier molecular flexibility index (Phi) is 6.05. The Morgan fingerprint density at radius 2 is 1.93 bits per heavy atom. The molecule has 4 amide bonds. The van der Waals surface area contributed by atoms with Gasteiger partial charge in [0.05, 0.1) is 18.7 Å². The molecule has 0 radical (unpaired) electrons. The molecule has 9 nitrogen and oxygen atoms in total. The maximum Gasteiger partial charge on any atom is 0.325 e. The van der Waals surface area contributed by atoms with Crippen molar-refractivity contribution < 1.29 is 28.3 Å². The van der Waals surface area contributed by atoms with Gasteiger partial charge in [-0.3, -0.25) is 19.7 Å². The van der Waals surface area contributed by atoms with Crippen molar-refractivity contribution in [2.75, 3.05) is 18.5 Å². The molecule has 0 aliphatic carbocycles. The zero-order valence-electron chi connectivity index (χ0n) is 14.9. The van der Waals surface area contributed by atoms with Crippen LogP contribution in [0.2, 0.25) is 0 Å². The number of imide groups is 1. The Hall–Kier alpha value is -3.62. The van der Waals surface area contributed by atoms with Crippen LogP contribution in [-0.2, 0) is 25.7 Å². The van der Waals surface area contributed by atoms with E-state index in [2.05, 4.69) is 10.6 Å². The average Bonchev–Trinajstić information content (AvgIpc) is 3.31. The molecule has 0 spiro atoms. The second-order valence-corrected chi connectivity index (χ2v) is 6.23. The van der Waals surface area contributed by atoms with Gasteiger partial charge >= 0.3 is 12.0 Å². The lowest BCUT2D eigenvalue weighted by atomic mass is 10.1. The van der Waals surface area contributed by atoms with E-state index in [0.29, 0.717) is 11.4 Å². The number of furan rings is 1. The van der Waals surface area contributed by atoms with E-state index in [9.17, 15) is 19.2 Å². The van der Waals surface area contributed by atoms with Gasteiger partial charge in [0.2, 0.25) is 5.91 Å². The van der Waals surface area contributed by atoms with E-state index in [1.165, 1.54) is 11.2 Å². The highest BCUT2D eigenvalue weighted by molar-refractivity contribution is 6.02. The number of nitrogens with zero attached hydrogens (tertiary/aromatic N) is 1. The molecule has 1 aliphatic rings. The predicted molar refractivity (Wildman–Crippen MR) is 96.8 cm³/mol. The highest BCUT2D eigenvalue weighted by Crippen LogP contribution is 2.21. The number of esters is 1. The summed E-state index contributed by atoms with van der Waals surface area (Å²) in [6, 6.07) is 11.3. The quantitative estimate of drug-likeness (QED) is 0.728. The van der Waals surface area contributed by atoms with Crippen LogP contribution in [0.1, 0.15) is 12.2 Å². The van der Waals surface area contributed by atoms with Crippen molar-refractivity contribution in [3.05, 3.63) is 54.5 Å². The number of urea groups is 1. The molecule has 0 unspecified atom stereocenters. The third-order valence-electron chi connectivity index (χ3n) is 4.10. The van der Waals surface area contributed by atoms with Crippen LogP contribution in [0.15, 0.2) is 53.1 Å². The van der Waals surface area contributed by atoms with Crippen molar-refractivity contribution >= 4 is 29.5 Å². The van der Waals surface area contributed by atoms with E-state index >= 15 is 0 Å². The SMILES string of the molecule is O=C(COC(=O)[C@H]1CC(=O)N(Cc2ccco2)C1)NC(=O)Nc1ccccc1. The number of likely N-dealkylation sites (tertiary alicyclic amines) is 1. The molecule has 1 fully saturated rings. The molecule has 1 aliphatic heterocycles. The Balaban J connectivity index is 1.40. The van der Waals surface area contributed by atoms with E-state index in [1.54, 1.807) is 42.5 Å². The molecule has 1 aromatic carbocycles. The number of ether oxygens (including phenoxy) is 1. The first-order chi connectivity index (χ1) is 13.5. The zero-order chi connectivity index (χ0) is 19.9. The molecule has 1 aromatic heterocycles. The average molecular weight is 385 g/mol. The Bertz CT molecular complexity index is 850. The lowest BCUT2D eigenvalue weighted by molar-refractivity contribution is -0.152. The molecule has 0 bridgehead atoms. The number of amides is 4. The van der Waals surface area contributed by atoms with Crippen molar-refractivity contribution in [1.82, 2.24) is 10.2 Å². The standard InChI is InChI=1S/C19H19N3O6/c23-16(21-19(26)20-14-5-2-1-3-6-14)12-28-18(25)13-9-17(24)22(10-13)11-15-7-4-8-27-15/h1-8,13H,9-12H2,(H2,20,21,23,26)/t13-/m0/s1. The van der Waals surface area contributed by atoms with Crippen LogP contribution in [0, 0.1) is 5.92 Å². The van der Waals surface area contributed by atoms with E-state index in [1.807, 2.05) is 0 Å². The van der Waals surface area contributed by atoms with E-state index in [4.69, 9.17) is 9.15 Å². The van der Waals surface area contributed by atoms with Gasteiger partial charge < -0.3 is 19.4 Å². The number of hydrogen-bond acceptors (Lipinski definition) is 6. The molecule has 28 heavy (non-hydrogen) atoms. The van der Waals surface area contributed by atoms with Gasteiger partial charge in [-0.25, -0.2) is 4.79 Å². The van der Waals surface area contributed by atoms with Gasteiger partial charge in [-0.2, -0.15) is 0 Å². The molecule has 1 saturated heterocycles. The smallest absolute Gasteiger partial charge is 0.325 e. The minimum Gasteiger partial charge on any atom is -0.467 e. The predicted octanol–water partition coefficient (Wildman–Crippen LogP) is 1.52. The van der Waals surface area contributed by atoms with Crippen molar-refractivity contribution in [3.8, 4) is 0 Å². The Labute approximate surface area is 160 Å². The summed E-state index contributed by atoms with van der Waals surface area (Å²) < 4.78 is 10.1. The fourth-order valence-electron chi connectivity index (χ4n) is 2.77. The van der Waals surface area contributed by atoms with Crippen LogP contribution in [-0.4, -0.2) is 41.9 Å². The summed E-state index contributed by atoms with van der Waals surface area (Å²) in [4.78, 5) is 49.1. The van der Waals surface area contributed by atoms with Crippen LogP contribution in [0.4, 0.5) is 10.5 Å². The highest BCUT2D eigenvalue weighted by Gasteiger charge is 2.35. The maximum absolute atomic E-state index is 12.1. The normalized spacial score (nSPS) is 15.9. The van der Waals surface area contributed by atoms with Gasteiger partial charge in [0.25, 0.3) is 5.91 Å². The molecule has 2 heterocycles. The third-order valence-corrected chi connectivity index (χ3v) is 4.10. The first-order valence-electron chi connectivity index (χ1n) is 8.64. The fraction of sp³-hybridized carbons (Fsp3) is 0.263. The largest absolute Gasteiger partial charge is 0.467 e. The van der Waals surface area contributed by atoms with Crippen LogP contribution < -0.4 is 10.6 Å². The minimum atomic E-state index is -0.765. The summed E-state index contributed by atoms with van der Waals surface area (Å²) in [6.07, 6.45) is 1.52. The number of hydrogen-bond donors (Lipinski definition) is 2. The van der Waals surface area contributed by atoms with Gasteiger partial charge in [0, 0.05) is 18.7 Å². The summed E-state index contributed by atoms with van der Waals surface area (Å²) >= 11 is 0. The summed E-state index contributed by atoms with van der Waals surface area (Å²) in [5.41, 5.74) is 0.519. The molecular formula is C19H19N3O6. The van der Waals surface area contributed by atoms with Gasteiger partial charge in [0.15, 0.2) is 6.61 Å². The van der Waals surface area contributed by atoms with Crippen molar-refractivity contribution in [2.45, 2.75) is 13.0 Å². The van der Waals surface area contributed by atoms with E-state index < -0.39 is 30.4 Å². The van der Waals surface area contributed by atoms with Crippen LogP contribution >= 0.6 is 0 Å². The first kappa shape index (κ1) is 19.2. The molecule has 9 heteroatoms. The molecule has 3 rings (SSSR count). The Morgan fingerprint density at radius 1 is 1.14 bits per heavy atom. The summed E-state index contributed by atoms with van der Waals surface area (Å²) in [5, 5.41) is 4.54. The minimum absolute atomic E-state index is 0.00958. The summed E-state index contributed by atoms with van der Waals surface area (Å²) in [7, 11) is 0. The van der Waals surface area contributed by atoms with Crippen molar-refractivity contribution in [1.29, 1.82) is 0 Å².